The Hall–Kier alpha value is -0.830. The zero-order valence-corrected chi connectivity index (χ0v) is 9.86. The molecule has 0 saturated carbocycles. The van der Waals surface area contributed by atoms with Gasteiger partial charge in [0, 0.05) is 20.5 Å². The Morgan fingerprint density at radius 3 is 2.60 bits per heavy atom. The molecule has 0 aliphatic heterocycles. The number of rotatable bonds is 2. The van der Waals surface area contributed by atoms with E-state index in [-0.39, 0.29) is 0 Å². The third-order valence-electron chi connectivity index (χ3n) is 1.94. The van der Waals surface area contributed by atoms with Gasteiger partial charge in [0.2, 0.25) is 0 Å². The molecule has 1 nitrogen and oxygen atoms in total. The van der Waals surface area contributed by atoms with Crippen LogP contribution >= 0.6 is 34.5 Å². The molecule has 0 unspecified atom stereocenters. The van der Waals surface area contributed by atoms with Crippen molar-refractivity contribution < 1.29 is 4.79 Å². The molecular formula is C11H6Cl2OS. The molecule has 76 valence electrons. The van der Waals surface area contributed by atoms with Gasteiger partial charge in [-0.05, 0) is 30.3 Å². The second-order valence-electron chi connectivity index (χ2n) is 2.94. The van der Waals surface area contributed by atoms with Gasteiger partial charge < -0.3 is 0 Å². The number of hydrogen-bond donors (Lipinski definition) is 0. The second kappa shape index (κ2) is 4.35. The second-order valence-corrected chi connectivity index (χ2v) is 4.90. The SMILES string of the molecule is O=Cc1ccc(-c2cc(Cl)ccc2Cl)s1. The number of hydrogen-bond acceptors (Lipinski definition) is 2. The molecule has 0 atom stereocenters. The summed E-state index contributed by atoms with van der Waals surface area (Å²) in [5.74, 6) is 0. The van der Waals surface area contributed by atoms with Crippen LogP contribution in [0, 0.1) is 0 Å². The van der Waals surface area contributed by atoms with Crippen LogP contribution < -0.4 is 0 Å². The highest BCUT2D eigenvalue weighted by molar-refractivity contribution is 7.17. The molecule has 0 bridgehead atoms. The summed E-state index contributed by atoms with van der Waals surface area (Å²) in [6.45, 7) is 0. The number of halogens is 2. The monoisotopic (exact) mass is 256 g/mol. The molecule has 0 radical (unpaired) electrons. The van der Waals surface area contributed by atoms with Gasteiger partial charge in [-0.2, -0.15) is 0 Å². The highest BCUT2D eigenvalue weighted by Gasteiger charge is 2.07. The largest absolute Gasteiger partial charge is 0.297 e. The fourth-order valence-corrected chi connectivity index (χ4v) is 2.55. The zero-order chi connectivity index (χ0) is 10.8. The van der Waals surface area contributed by atoms with Gasteiger partial charge in [0.1, 0.15) is 0 Å². The lowest BCUT2D eigenvalue weighted by atomic mass is 10.2. The Morgan fingerprint density at radius 1 is 1.13 bits per heavy atom. The molecule has 15 heavy (non-hydrogen) atoms. The first-order chi connectivity index (χ1) is 7.20. The Labute approximate surface area is 101 Å². The van der Waals surface area contributed by atoms with Crippen LogP contribution in [0.4, 0.5) is 0 Å². The smallest absolute Gasteiger partial charge is 0.160 e. The maximum atomic E-state index is 10.6. The summed E-state index contributed by atoms with van der Waals surface area (Å²) < 4.78 is 0. The molecule has 2 aromatic rings. The molecular weight excluding hydrogens is 251 g/mol. The molecule has 1 aromatic carbocycles. The van der Waals surface area contributed by atoms with Gasteiger partial charge in [-0.3, -0.25) is 4.79 Å². The summed E-state index contributed by atoms with van der Waals surface area (Å²) in [6, 6.07) is 8.92. The van der Waals surface area contributed by atoms with Crippen molar-refractivity contribution in [3.8, 4) is 10.4 Å². The van der Waals surface area contributed by atoms with Crippen LogP contribution in [0.1, 0.15) is 9.67 Å². The van der Waals surface area contributed by atoms with Crippen molar-refractivity contribution in [1.82, 2.24) is 0 Å². The lowest BCUT2D eigenvalue weighted by Gasteiger charge is -2.01. The third-order valence-corrected chi connectivity index (χ3v) is 3.55. The maximum absolute atomic E-state index is 10.6. The van der Waals surface area contributed by atoms with Crippen molar-refractivity contribution >= 4 is 40.8 Å². The number of carbonyl (C=O) groups excluding carboxylic acids is 1. The van der Waals surface area contributed by atoms with Crippen LogP contribution in [0.15, 0.2) is 30.3 Å². The van der Waals surface area contributed by atoms with Gasteiger partial charge in [-0.25, -0.2) is 0 Å². The summed E-state index contributed by atoms with van der Waals surface area (Å²) >= 11 is 13.3. The molecule has 0 spiro atoms. The number of thiophene rings is 1. The Bertz CT molecular complexity index is 505. The third kappa shape index (κ3) is 2.23. The van der Waals surface area contributed by atoms with Crippen LogP contribution in [-0.2, 0) is 0 Å². The van der Waals surface area contributed by atoms with Crippen molar-refractivity contribution in [2.75, 3.05) is 0 Å². The molecule has 4 heteroatoms. The quantitative estimate of drug-likeness (QED) is 0.722. The Balaban J connectivity index is 2.52. The van der Waals surface area contributed by atoms with E-state index >= 15 is 0 Å². The molecule has 1 aromatic heterocycles. The molecule has 0 N–H and O–H groups in total. The predicted molar refractivity (Wildman–Crippen MR) is 65.2 cm³/mol. The fraction of sp³-hybridized carbons (Fsp3) is 0. The highest BCUT2D eigenvalue weighted by atomic mass is 35.5. The number of aldehydes is 1. The molecule has 0 saturated heterocycles. The van der Waals surface area contributed by atoms with E-state index in [0.717, 1.165) is 16.7 Å². The molecule has 0 fully saturated rings. The first-order valence-corrected chi connectivity index (χ1v) is 5.78. The van der Waals surface area contributed by atoms with Gasteiger partial charge in [-0.15, -0.1) is 11.3 Å². The lowest BCUT2D eigenvalue weighted by molar-refractivity contribution is 0.112. The maximum Gasteiger partial charge on any atom is 0.160 e. The Kier molecular flexibility index (Phi) is 3.10. The van der Waals surface area contributed by atoms with E-state index in [1.54, 1.807) is 24.3 Å². The molecule has 1 heterocycles. The van der Waals surface area contributed by atoms with E-state index < -0.39 is 0 Å². The van der Waals surface area contributed by atoms with Crippen molar-refractivity contribution in [2.45, 2.75) is 0 Å². The van der Waals surface area contributed by atoms with E-state index in [4.69, 9.17) is 23.2 Å². The van der Waals surface area contributed by atoms with E-state index in [1.807, 2.05) is 6.07 Å². The fourth-order valence-electron chi connectivity index (χ4n) is 1.25. The minimum atomic E-state index is 0.635. The Morgan fingerprint density at radius 2 is 1.93 bits per heavy atom. The topological polar surface area (TPSA) is 17.1 Å². The van der Waals surface area contributed by atoms with Gasteiger partial charge >= 0.3 is 0 Å². The zero-order valence-electron chi connectivity index (χ0n) is 7.54. The van der Waals surface area contributed by atoms with Crippen LogP contribution in [0.3, 0.4) is 0 Å². The van der Waals surface area contributed by atoms with Crippen molar-refractivity contribution in [2.24, 2.45) is 0 Å². The summed E-state index contributed by atoms with van der Waals surface area (Å²) in [5, 5.41) is 1.27. The highest BCUT2D eigenvalue weighted by Crippen LogP contribution is 2.34. The van der Waals surface area contributed by atoms with E-state index in [2.05, 4.69) is 0 Å². The minimum Gasteiger partial charge on any atom is -0.297 e. The number of carbonyl (C=O) groups is 1. The van der Waals surface area contributed by atoms with Crippen molar-refractivity contribution in [3.63, 3.8) is 0 Å². The lowest BCUT2D eigenvalue weighted by Crippen LogP contribution is -1.74. The molecule has 0 amide bonds. The molecule has 0 aliphatic rings. The van der Waals surface area contributed by atoms with Crippen LogP contribution in [-0.4, -0.2) is 6.29 Å². The van der Waals surface area contributed by atoms with Crippen LogP contribution in [0.5, 0.6) is 0 Å². The average Bonchev–Trinajstić information content (AvgIpc) is 2.70. The van der Waals surface area contributed by atoms with Gasteiger partial charge in [0.05, 0.1) is 4.88 Å². The van der Waals surface area contributed by atoms with E-state index in [9.17, 15) is 4.79 Å². The number of benzene rings is 1. The summed E-state index contributed by atoms with van der Waals surface area (Å²) in [5.41, 5.74) is 0.863. The minimum absolute atomic E-state index is 0.635. The van der Waals surface area contributed by atoms with E-state index in [0.29, 0.717) is 14.9 Å². The summed E-state index contributed by atoms with van der Waals surface area (Å²) in [6.07, 6.45) is 0.826. The van der Waals surface area contributed by atoms with Crippen molar-refractivity contribution in [1.29, 1.82) is 0 Å². The summed E-state index contributed by atoms with van der Waals surface area (Å²) in [4.78, 5) is 12.2. The first-order valence-electron chi connectivity index (χ1n) is 4.21. The standard InChI is InChI=1S/C11H6Cl2OS/c12-7-1-3-10(13)9(5-7)11-4-2-8(6-14)15-11/h1-6H. The van der Waals surface area contributed by atoms with Crippen LogP contribution in [0.2, 0.25) is 10.0 Å². The van der Waals surface area contributed by atoms with Crippen molar-refractivity contribution in [3.05, 3.63) is 45.3 Å². The molecule has 2 rings (SSSR count). The van der Waals surface area contributed by atoms with Gasteiger partial charge in [-0.1, -0.05) is 23.2 Å². The van der Waals surface area contributed by atoms with E-state index in [1.165, 1.54) is 11.3 Å². The van der Waals surface area contributed by atoms with Gasteiger partial charge in [0.25, 0.3) is 0 Å². The van der Waals surface area contributed by atoms with Gasteiger partial charge in [0.15, 0.2) is 6.29 Å². The predicted octanol–water partition coefficient (Wildman–Crippen LogP) is 4.53. The molecule has 0 aliphatic carbocycles. The summed E-state index contributed by atoms with van der Waals surface area (Å²) in [7, 11) is 0. The van der Waals surface area contributed by atoms with Crippen LogP contribution in [0.25, 0.3) is 10.4 Å². The average molecular weight is 257 g/mol. The first kappa shape index (κ1) is 10.7. The normalized spacial score (nSPS) is 10.3.